The molecule has 0 saturated carbocycles. The van der Waals surface area contributed by atoms with Crippen LogP contribution in [0.25, 0.3) is 11.1 Å². The molecule has 0 saturated heterocycles. The summed E-state index contributed by atoms with van der Waals surface area (Å²) in [5.41, 5.74) is 2.20. The number of carbonyl (C=O) groups is 1. The topological polar surface area (TPSA) is 46.5 Å². The molecule has 0 fully saturated rings. The van der Waals surface area contributed by atoms with E-state index in [4.69, 9.17) is 9.84 Å². The van der Waals surface area contributed by atoms with Crippen molar-refractivity contribution in [2.45, 2.75) is 19.4 Å². The Bertz CT molecular complexity index is 532. The minimum atomic E-state index is -0.936. The van der Waals surface area contributed by atoms with Crippen LogP contribution in [0, 0.1) is 0 Å². The van der Waals surface area contributed by atoms with Gasteiger partial charge >= 0.3 is 5.97 Å². The van der Waals surface area contributed by atoms with Crippen LogP contribution < -0.4 is 4.74 Å². The summed E-state index contributed by atoms with van der Waals surface area (Å²) >= 11 is 0. The van der Waals surface area contributed by atoms with Gasteiger partial charge in [-0.05, 0) is 29.7 Å². The maximum absolute atomic E-state index is 10.9. The smallest absolute Gasteiger partial charge is 0.344 e. The fourth-order valence-corrected chi connectivity index (χ4v) is 1.83. The Labute approximate surface area is 112 Å². The highest BCUT2D eigenvalue weighted by atomic mass is 16.5. The van der Waals surface area contributed by atoms with Gasteiger partial charge < -0.3 is 9.84 Å². The van der Waals surface area contributed by atoms with Crippen LogP contribution in [-0.2, 0) is 4.79 Å². The molecule has 0 aliphatic carbocycles. The van der Waals surface area contributed by atoms with Crippen molar-refractivity contribution in [3.05, 3.63) is 54.6 Å². The van der Waals surface area contributed by atoms with Crippen LogP contribution in [0.3, 0.4) is 0 Å². The van der Waals surface area contributed by atoms with E-state index in [9.17, 15) is 4.79 Å². The minimum absolute atomic E-state index is 0.440. The van der Waals surface area contributed by atoms with Gasteiger partial charge in [0.25, 0.3) is 0 Å². The standard InChI is InChI=1S/C16H16O3/c1-2-15(16(17)18)19-14-10-8-13(9-11-14)12-6-4-3-5-7-12/h3-11,15H,2H2,1H3,(H,17,18)/t15-/m1/s1. The van der Waals surface area contributed by atoms with Crippen LogP contribution in [0.2, 0.25) is 0 Å². The van der Waals surface area contributed by atoms with Crippen molar-refractivity contribution in [2.24, 2.45) is 0 Å². The SMILES string of the molecule is CC[C@@H](Oc1ccc(-c2ccccc2)cc1)C(=O)O. The lowest BCUT2D eigenvalue weighted by Gasteiger charge is -2.13. The van der Waals surface area contributed by atoms with Gasteiger partial charge in [-0.15, -0.1) is 0 Å². The molecule has 98 valence electrons. The van der Waals surface area contributed by atoms with Gasteiger partial charge in [0.15, 0.2) is 6.10 Å². The average molecular weight is 256 g/mol. The second kappa shape index (κ2) is 6.05. The van der Waals surface area contributed by atoms with Gasteiger partial charge in [-0.1, -0.05) is 49.4 Å². The molecule has 2 aromatic carbocycles. The number of ether oxygens (including phenoxy) is 1. The van der Waals surface area contributed by atoms with E-state index in [0.717, 1.165) is 11.1 Å². The van der Waals surface area contributed by atoms with E-state index in [0.29, 0.717) is 12.2 Å². The zero-order valence-electron chi connectivity index (χ0n) is 10.7. The molecule has 1 atom stereocenters. The van der Waals surface area contributed by atoms with Crippen LogP contribution >= 0.6 is 0 Å². The number of rotatable bonds is 5. The Hall–Kier alpha value is -2.29. The molecule has 0 heterocycles. The van der Waals surface area contributed by atoms with Crippen LogP contribution in [0.4, 0.5) is 0 Å². The number of carboxylic acids is 1. The molecule has 3 heteroatoms. The van der Waals surface area contributed by atoms with E-state index >= 15 is 0 Å². The summed E-state index contributed by atoms with van der Waals surface area (Å²) in [5.74, 6) is -0.358. The van der Waals surface area contributed by atoms with Crippen LogP contribution in [0.5, 0.6) is 5.75 Å². The number of hydrogen-bond donors (Lipinski definition) is 1. The Kier molecular flexibility index (Phi) is 4.18. The molecule has 0 radical (unpaired) electrons. The van der Waals surface area contributed by atoms with E-state index in [-0.39, 0.29) is 0 Å². The molecule has 0 spiro atoms. The third-order valence-electron chi connectivity index (χ3n) is 2.89. The van der Waals surface area contributed by atoms with Crippen molar-refractivity contribution in [3.8, 4) is 16.9 Å². The zero-order valence-corrected chi connectivity index (χ0v) is 10.7. The largest absolute Gasteiger partial charge is 0.479 e. The molecule has 0 amide bonds. The molecular weight excluding hydrogens is 240 g/mol. The predicted octanol–water partition coefficient (Wildman–Crippen LogP) is 3.60. The summed E-state index contributed by atoms with van der Waals surface area (Å²) in [6, 6.07) is 17.5. The van der Waals surface area contributed by atoms with Crippen molar-refractivity contribution in [1.82, 2.24) is 0 Å². The summed E-state index contributed by atoms with van der Waals surface area (Å²) in [7, 11) is 0. The average Bonchev–Trinajstić information content (AvgIpc) is 2.46. The van der Waals surface area contributed by atoms with Crippen LogP contribution in [-0.4, -0.2) is 17.2 Å². The van der Waals surface area contributed by atoms with Gasteiger partial charge in [-0.25, -0.2) is 4.79 Å². The highest BCUT2D eigenvalue weighted by Gasteiger charge is 2.16. The van der Waals surface area contributed by atoms with E-state index < -0.39 is 12.1 Å². The normalized spacial score (nSPS) is 11.8. The van der Waals surface area contributed by atoms with Gasteiger partial charge in [-0.2, -0.15) is 0 Å². The molecular formula is C16H16O3. The summed E-state index contributed by atoms with van der Waals surface area (Å²) in [4.78, 5) is 10.9. The van der Waals surface area contributed by atoms with E-state index in [1.165, 1.54) is 0 Å². The lowest BCUT2D eigenvalue weighted by molar-refractivity contribution is -0.145. The lowest BCUT2D eigenvalue weighted by Crippen LogP contribution is -2.25. The maximum Gasteiger partial charge on any atom is 0.344 e. The van der Waals surface area contributed by atoms with Crippen LogP contribution in [0.15, 0.2) is 54.6 Å². The first-order chi connectivity index (χ1) is 9.20. The second-order valence-electron chi connectivity index (χ2n) is 4.24. The third-order valence-corrected chi connectivity index (χ3v) is 2.89. The van der Waals surface area contributed by atoms with Gasteiger partial charge in [-0.3, -0.25) is 0 Å². The number of hydrogen-bond acceptors (Lipinski definition) is 2. The van der Waals surface area contributed by atoms with E-state index in [1.54, 1.807) is 19.1 Å². The first kappa shape index (κ1) is 13.1. The maximum atomic E-state index is 10.9. The Morgan fingerprint density at radius 1 is 1.05 bits per heavy atom. The van der Waals surface area contributed by atoms with Gasteiger partial charge in [0.1, 0.15) is 5.75 Å². The molecule has 0 aliphatic rings. The fourth-order valence-electron chi connectivity index (χ4n) is 1.83. The fraction of sp³-hybridized carbons (Fsp3) is 0.188. The van der Waals surface area contributed by atoms with Crippen molar-refractivity contribution >= 4 is 5.97 Å². The molecule has 2 aromatic rings. The third kappa shape index (κ3) is 3.35. The molecule has 0 bridgehead atoms. The van der Waals surface area contributed by atoms with Crippen molar-refractivity contribution < 1.29 is 14.6 Å². The highest BCUT2D eigenvalue weighted by Crippen LogP contribution is 2.22. The summed E-state index contributed by atoms with van der Waals surface area (Å²) in [6.45, 7) is 1.79. The van der Waals surface area contributed by atoms with Crippen molar-refractivity contribution in [3.63, 3.8) is 0 Å². The molecule has 0 unspecified atom stereocenters. The first-order valence-electron chi connectivity index (χ1n) is 6.25. The lowest BCUT2D eigenvalue weighted by atomic mass is 10.1. The monoisotopic (exact) mass is 256 g/mol. The molecule has 19 heavy (non-hydrogen) atoms. The van der Waals surface area contributed by atoms with E-state index in [1.807, 2.05) is 42.5 Å². The Balaban J connectivity index is 2.13. The summed E-state index contributed by atoms with van der Waals surface area (Å²) in [5, 5.41) is 8.94. The predicted molar refractivity (Wildman–Crippen MR) is 74.2 cm³/mol. The molecule has 0 aliphatic heterocycles. The zero-order chi connectivity index (χ0) is 13.7. The van der Waals surface area contributed by atoms with Gasteiger partial charge in [0.05, 0.1) is 0 Å². The molecule has 2 rings (SSSR count). The summed E-state index contributed by atoms with van der Waals surface area (Å²) < 4.78 is 5.42. The Morgan fingerprint density at radius 2 is 1.63 bits per heavy atom. The van der Waals surface area contributed by atoms with Crippen LogP contribution in [0.1, 0.15) is 13.3 Å². The highest BCUT2D eigenvalue weighted by molar-refractivity contribution is 5.72. The second-order valence-corrected chi connectivity index (χ2v) is 4.24. The molecule has 1 N–H and O–H groups in total. The van der Waals surface area contributed by atoms with Crippen molar-refractivity contribution in [2.75, 3.05) is 0 Å². The number of aliphatic carboxylic acids is 1. The van der Waals surface area contributed by atoms with Gasteiger partial charge in [0, 0.05) is 0 Å². The number of benzene rings is 2. The quantitative estimate of drug-likeness (QED) is 0.889. The van der Waals surface area contributed by atoms with E-state index in [2.05, 4.69) is 0 Å². The Morgan fingerprint density at radius 3 is 2.16 bits per heavy atom. The van der Waals surface area contributed by atoms with Gasteiger partial charge in [0.2, 0.25) is 0 Å². The minimum Gasteiger partial charge on any atom is -0.479 e. The van der Waals surface area contributed by atoms with Crippen molar-refractivity contribution in [1.29, 1.82) is 0 Å². The molecule has 3 nitrogen and oxygen atoms in total. The number of carboxylic acid groups (broad SMARTS) is 1. The molecule has 0 aromatic heterocycles. The first-order valence-corrected chi connectivity index (χ1v) is 6.25. The summed E-state index contributed by atoms with van der Waals surface area (Å²) in [6.07, 6.45) is -0.349.